The van der Waals surface area contributed by atoms with Gasteiger partial charge >= 0.3 is 5.97 Å². The van der Waals surface area contributed by atoms with E-state index in [0.717, 1.165) is 15.6 Å². The lowest BCUT2D eigenvalue weighted by atomic mass is 10.1. The van der Waals surface area contributed by atoms with Crippen molar-refractivity contribution in [2.75, 3.05) is 0 Å². The summed E-state index contributed by atoms with van der Waals surface area (Å²) in [5.41, 5.74) is 2.06. The minimum atomic E-state index is -0.935. The molecule has 5 heteroatoms. The van der Waals surface area contributed by atoms with Gasteiger partial charge in [0.1, 0.15) is 12.4 Å². The van der Waals surface area contributed by atoms with E-state index in [-0.39, 0.29) is 5.56 Å². The zero-order chi connectivity index (χ0) is 14.7. The minimum absolute atomic E-state index is 0.270. The molecular formula is C15H12BrClO3. The van der Waals surface area contributed by atoms with Crippen LogP contribution in [-0.2, 0) is 6.61 Å². The number of carboxylic acid groups (broad SMARTS) is 1. The Morgan fingerprint density at radius 1 is 1.30 bits per heavy atom. The Morgan fingerprint density at radius 3 is 2.70 bits per heavy atom. The van der Waals surface area contributed by atoms with Crippen LogP contribution in [0.15, 0.2) is 40.9 Å². The molecule has 20 heavy (non-hydrogen) atoms. The Labute approximate surface area is 130 Å². The van der Waals surface area contributed by atoms with Gasteiger partial charge in [-0.25, -0.2) is 4.79 Å². The van der Waals surface area contributed by atoms with Gasteiger partial charge in [-0.1, -0.05) is 33.6 Å². The standard InChI is InChI=1S/C15H12BrClO3/c1-9-6-10(15(18)19)2-3-11(9)8-20-14-7-12(16)4-5-13(14)17/h2-7H,8H2,1H3,(H,18,19). The van der Waals surface area contributed by atoms with Crippen LogP contribution < -0.4 is 4.74 Å². The normalized spacial score (nSPS) is 10.3. The van der Waals surface area contributed by atoms with Gasteiger partial charge < -0.3 is 9.84 Å². The van der Waals surface area contributed by atoms with Gasteiger partial charge in [0.15, 0.2) is 0 Å². The lowest BCUT2D eigenvalue weighted by Gasteiger charge is -2.11. The topological polar surface area (TPSA) is 46.5 Å². The molecule has 3 nitrogen and oxygen atoms in total. The van der Waals surface area contributed by atoms with Crippen LogP contribution in [0.25, 0.3) is 0 Å². The summed E-state index contributed by atoms with van der Waals surface area (Å²) in [7, 11) is 0. The largest absolute Gasteiger partial charge is 0.487 e. The van der Waals surface area contributed by atoms with Crippen molar-refractivity contribution in [1.29, 1.82) is 0 Å². The first-order valence-electron chi connectivity index (χ1n) is 5.88. The second-order valence-corrected chi connectivity index (χ2v) is 5.63. The molecule has 0 unspecified atom stereocenters. The zero-order valence-electron chi connectivity index (χ0n) is 10.7. The van der Waals surface area contributed by atoms with Gasteiger partial charge in [-0.15, -0.1) is 0 Å². The van der Waals surface area contributed by atoms with Crippen LogP contribution in [0.4, 0.5) is 0 Å². The molecule has 0 fully saturated rings. The summed E-state index contributed by atoms with van der Waals surface area (Å²) in [6.07, 6.45) is 0. The molecule has 0 radical (unpaired) electrons. The second-order valence-electron chi connectivity index (χ2n) is 4.31. The van der Waals surface area contributed by atoms with Crippen molar-refractivity contribution >= 4 is 33.5 Å². The maximum Gasteiger partial charge on any atom is 0.335 e. The fourth-order valence-electron chi connectivity index (χ4n) is 1.73. The van der Waals surface area contributed by atoms with Crippen molar-refractivity contribution in [1.82, 2.24) is 0 Å². The van der Waals surface area contributed by atoms with Crippen molar-refractivity contribution in [3.05, 3.63) is 62.6 Å². The summed E-state index contributed by atoms with van der Waals surface area (Å²) in [5, 5.41) is 9.46. The third-order valence-corrected chi connectivity index (χ3v) is 3.67. The number of aromatic carboxylic acids is 1. The Balaban J connectivity index is 2.15. The van der Waals surface area contributed by atoms with Crippen molar-refractivity contribution in [2.24, 2.45) is 0 Å². The SMILES string of the molecule is Cc1cc(C(=O)O)ccc1COc1cc(Br)ccc1Cl. The molecule has 0 spiro atoms. The summed E-state index contributed by atoms with van der Waals surface area (Å²) >= 11 is 9.40. The Bertz CT molecular complexity index is 656. The molecule has 0 aliphatic heterocycles. The Kier molecular flexibility index (Phi) is 4.68. The third-order valence-electron chi connectivity index (χ3n) is 2.87. The molecule has 0 bridgehead atoms. The highest BCUT2D eigenvalue weighted by molar-refractivity contribution is 9.10. The summed E-state index contributed by atoms with van der Waals surface area (Å²) in [6.45, 7) is 2.19. The van der Waals surface area contributed by atoms with Crippen LogP contribution in [0.2, 0.25) is 5.02 Å². The molecule has 2 aromatic carbocycles. The average Bonchev–Trinajstić information content (AvgIpc) is 2.40. The van der Waals surface area contributed by atoms with Crippen LogP contribution in [0.3, 0.4) is 0 Å². The van der Waals surface area contributed by atoms with E-state index in [4.69, 9.17) is 21.4 Å². The van der Waals surface area contributed by atoms with Crippen molar-refractivity contribution < 1.29 is 14.6 Å². The van der Waals surface area contributed by atoms with Gasteiger partial charge in [0.25, 0.3) is 0 Å². The number of aryl methyl sites for hydroxylation is 1. The number of carboxylic acids is 1. The van der Waals surface area contributed by atoms with Gasteiger partial charge in [0.05, 0.1) is 10.6 Å². The molecule has 0 aromatic heterocycles. The highest BCUT2D eigenvalue weighted by Crippen LogP contribution is 2.28. The van der Waals surface area contributed by atoms with Crippen LogP contribution in [0, 0.1) is 6.92 Å². The van der Waals surface area contributed by atoms with E-state index < -0.39 is 5.97 Å². The quantitative estimate of drug-likeness (QED) is 0.865. The second kappa shape index (κ2) is 6.29. The number of halogens is 2. The van der Waals surface area contributed by atoms with E-state index in [1.165, 1.54) is 0 Å². The molecule has 0 aliphatic rings. The van der Waals surface area contributed by atoms with Crippen molar-refractivity contribution in [2.45, 2.75) is 13.5 Å². The minimum Gasteiger partial charge on any atom is -0.487 e. The molecule has 0 heterocycles. The molecule has 0 saturated heterocycles. The first-order valence-corrected chi connectivity index (χ1v) is 7.05. The number of ether oxygens (including phenoxy) is 1. The van der Waals surface area contributed by atoms with Gasteiger partial charge in [0.2, 0.25) is 0 Å². The number of hydrogen-bond acceptors (Lipinski definition) is 2. The van der Waals surface area contributed by atoms with E-state index in [9.17, 15) is 4.79 Å². The molecule has 1 N–H and O–H groups in total. The van der Waals surface area contributed by atoms with Crippen molar-refractivity contribution in [3.63, 3.8) is 0 Å². The van der Waals surface area contributed by atoms with E-state index in [2.05, 4.69) is 15.9 Å². The highest BCUT2D eigenvalue weighted by Gasteiger charge is 2.07. The molecule has 2 aromatic rings. The van der Waals surface area contributed by atoms with Gasteiger partial charge in [-0.2, -0.15) is 0 Å². The zero-order valence-corrected chi connectivity index (χ0v) is 13.0. The first kappa shape index (κ1) is 14.9. The fourth-order valence-corrected chi connectivity index (χ4v) is 2.25. The van der Waals surface area contributed by atoms with Gasteiger partial charge in [-0.3, -0.25) is 0 Å². The summed E-state index contributed by atoms with van der Waals surface area (Å²) in [6, 6.07) is 10.3. The smallest absolute Gasteiger partial charge is 0.335 e. The van der Waals surface area contributed by atoms with E-state index in [0.29, 0.717) is 17.4 Å². The maximum absolute atomic E-state index is 10.9. The van der Waals surface area contributed by atoms with Crippen LogP contribution in [-0.4, -0.2) is 11.1 Å². The van der Waals surface area contributed by atoms with E-state index in [1.807, 2.05) is 13.0 Å². The molecular weight excluding hydrogens is 344 g/mol. The van der Waals surface area contributed by atoms with Gasteiger partial charge in [0, 0.05) is 4.47 Å². The van der Waals surface area contributed by atoms with Crippen LogP contribution in [0.1, 0.15) is 21.5 Å². The lowest BCUT2D eigenvalue weighted by Crippen LogP contribution is -2.02. The lowest BCUT2D eigenvalue weighted by molar-refractivity contribution is 0.0696. The summed E-state index contributed by atoms with van der Waals surface area (Å²) in [5.74, 6) is -0.349. The summed E-state index contributed by atoms with van der Waals surface area (Å²) in [4.78, 5) is 10.9. The summed E-state index contributed by atoms with van der Waals surface area (Å²) < 4.78 is 6.56. The third kappa shape index (κ3) is 3.52. The molecule has 0 saturated carbocycles. The molecule has 0 aliphatic carbocycles. The Morgan fingerprint density at radius 2 is 2.05 bits per heavy atom. The van der Waals surface area contributed by atoms with Gasteiger partial charge in [-0.05, 0) is 48.4 Å². The predicted molar refractivity (Wildman–Crippen MR) is 81.6 cm³/mol. The number of carbonyl (C=O) groups is 1. The van der Waals surface area contributed by atoms with Crippen LogP contribution in [0.5, 0.6) is 5.75 Å². The monoisotopic (exact) mass is 354 g/mol. The molecule has 104 valence electrons. The predicted octanol–water partition coefficient (Wildman–Crippen LogP) is 4.69. The molecule has 0 atom stereocenters. The fraction of sp³-hybridized carbons (Fsp3) is 0.133. The maximum atomic E-state index is 10.9. The Hall–Kier alpha value is -1.52. The van der Waals surface area contributed by atoms with Crippen LogP contribution >= 0.6 is 27.5 Å². The van der Waals surface area contributed by atoms with E-state index in [1.54, 1.807) is 30.3 Å². The molecule has 0 amide bonds. The van der Waals surface area contributed by atoms with E-state index >= 15 is 0 Å². The number of rotatable bonds is 4. The average molecular weight is 356 g/mol. The first-order chi connectivity index (χ1) is 9.47. The number of hydrogen-bond donors (Lipinski definition) is 1. The molecule has 2 rings (SSSR count). The number of benzene rings is 2. The van der Waals surface area contributed by atoms with Crippen molar-refractivity contribution in [3.8, 4) is 5.75 Å². The highest BCUT2D eigenvalue weighted by atomic mass is 79.9.